The summed E-state index contributed by atoms with van der Waals surface area (Å²) in [5.74, 6) is 2.38. The Morgan fingerprint density at radius 3 is 2.28 bits per heavy atom. The third-order valence-electron chi connectivity index (χ3n) is 6.33. The molecule has 0 aliphatic heterocycles. The minimum Gasteiger partial charge on any atom is -0.497 e. The lowest BCUT2D eigenvalue weighted by molar-refractivity contribution is 0.102. The summed E-state index contributed by atoms with van der Waals surface area (Å²) in [6, 6.07) is 30.0. The predicted molar refractivity (Wildman–Crippen MR) is 151 cm³/mol. The third kappa shape index (κ3) is 4.69. The Hall–Kier alpha value is -5.44. The van der Waals surface area contributed by atoms with Crippen LogP contribution in [-0.4, -0.2) is 39.9 Å². The summed E-state index contributed by atoms with van der Waals surface area (Å²) in [4.78, 5) is 12.8. The van der Waals surface area contributed by atoms with Crippen molar-refractivity contribution in [1.82, 2.24) is 19.8 Å². The van der Waals surface area contributed by atoms with E-state index in [0.29, 0.717) is 34.3 Å². The average Bonchev–Trinajstić information content (AvgIpc) is 3.41. The van der Waals surface area contributed by atoms with Gasteiger partial charge in [0.15, 0.2) is 17.3 Å². The maximum absolute atomic E-state index is 12.8. The number of carbonyl (C=O) groups is 1. The fourth-order valence-electron chi connectivity index (χ4n) is 4.37. The fourth-order valence-corrected chi connectivity index (χ4v) is 4.37. The van der Waals surface area contributed by atoms with Crippen LogP contribution in [0.2, 0.25) is 0 Å². The monoisotopic (exact) mass is 516 g/mol. The maximum atomic E-state index is 12.8. The smallest absolute Gasteiger partial charge is 0.255 e. The number of benzene rings is 4. The van der Waals surface area contributed by atoms with Gasteiger partial charge in [-0.05, 0) is 60.7 Å². The summed E-state index contributed by atoms with van der Waals surface area (Å²) >= 11 is 0. The van der Waals surface area contributed by atoms with Gasteiger partial charge < -0.3 is 20.1 Å². The van der Waals surface area contributed by atoms with Gasteiger partial charge in [-0.1, -0.05) is 36.4 Å². The second-order valence-corrected chi connectivity index (χ2v) is 8.77. The molecule has 9 nitrogen and oxygen atoms in total. The lowest BCUT2D eigenvalue weighted by Gasteiger charge is -2.12. The standard InChI is InChI=1S/C30H24N6O3/c1-38-23-15-13-19(14-16-23)28-33-34-29-26-12-4-3-11-25(26)27(35-36(28)29)31-21-8-6-9-22(18-21)32-30(37)20-7-5-10-24(17-20)39-2/h3-18H,1-2H3,(H,31,35)(H,32,37). The van der Waals surface area contributed by atoms with Gasteiger partial charge in [0, 0.05) is 33.3 Å². The van der Waals surface area contributed by atoms with Crippen molar-refractivity contribution in [2.24, 2.45) is 0 Å². The molecule has 192 valence electrons. The quantitative estimate of drug-likeness (QED) is 0.270. The van der Waals surface area contributed by atoms with E-state index in [1.165, 1.54) is 0 Å². The first-order valence-corrected chi connectivity index (χ1v) is 12.2. The van der Waals surface area contributed by atoms with Gasteiger partial charge in [0.05, 0.1) is 14.2 Å². The number of nitrogens with one attached hydrogen (secondary N) is 2. The Labute approximate surface area is 224 Å². The van der Waals surface area contributed by atoms with E-state index >= 15 is 0 Å². The second-order valence-electron chi connectivity index (χ2n) is 8.77. The first-order chi connectivity index (χ1) is 19.1. The minimum atomic E-state index is -0.232. The van der Waals surface area contributed by atoms with Crippen molar-refractivity contribution in [3.63, 3.8) is 0 Å². The molecule has 0 fully saturated rings. The number of rotatable bonds is 7. The number of anilines is 3. The van der Waals surface area contributed by atoms with Crippen LogP contribution >= 0.6 is 0 Å². The van der Waals surface area contributed by atoms with E-state index in [2.05, 4.69) is 20.8 Å². The number of nitrogens with zero attached hydrogens (tertiary/aromatic N) is 4. The van der Waals surface area contributed by atoms with Crippen molar-refractivity contribution in [3.05, 3.63) is 103 Å². The largest absolute Gasteiger partial charge is 0.497 e. The lowest BCUT2D eigenvalue weighted by Crippen LogP contribution is -2.12. The topological polar surface area (TPSA) is 103 Å². The van der Waals surface area contributed by atoms with Gasteiger partial charge in [-0.2, -0.15) is 4.52 Å². The van der Waals surface area contributed by atoms with Crippen molar-refractivity contribution in [2.45, 2.75) is 0 Å². The molecule has 4 aromatic carbocycles. The van der Waals surface area contributed by atoms with Crippen LogP contribution in [-0.2, 0) is 0 Å². The number of methoxy groups -OCH3 is 2. The fraction of sp³-hybridized carbons (Fsp3) is 0.0667. The van der Waals surface area contributed by atoms with Crippen LogP contribution in [0, 0.1) is 0 Å². The first-order valence-electron chi connectivity index (χ1n) is 12.2. The summed E-state index contributed by atoms with van der Waals surface area (Å²) < 4.78 is 12.3. The van der Waals surface area contributed by atoms with Crippen LogP contribution in [0.1, 0.15) is 10.4 Å². The number of ether oxygens (including phenoxy) is 2. The molecule has 0 saturated heterocycles. The number of aromatic nitrogens is 4. The molecule has 2 N–H and O–H groups in total. The number of amides is 1. The Bertz CT molecular complexity index is 1810. The van der Waals surface area contributed by atoms with Crippen LogP contribution in [0.25, 0.3) is 27.8 Å². The van der Waals surface area contributed by atoms with Crippen molar-refractivity contribution in [3.8, 4) is 22.9 Å². The highest BCUT2D eigenvalue weighted by Crippen LogP contribution is 2.30. The molecular formula is C30H24N6O3. The van der Waals surface area contributed by atoms with E-state index in [0.717, 1.165) is 27.8 Å². The molecular weight excluding hydrogens is 492 g/mol. The molecule has 0 spiro atoms. The van der Waals surface area contributed by atoms with E-state index < -0.39 is 0 Å². The van der Waals surface area contributed by atoms with Crippen molar-refractivity contribution >= 4 is 39.5 Å². The van der Waals surface area contributed by atoms with Gasteiger partial charge in [0.25, 0.3) is 5.91 Å². The molecule has 0 bridgehead atoms. The normalized spacial score (nSPS) is 10.9. The van der Waals surface area contributed by atoms with Gasteiger partial charge in [0.1, 0.15) is 11.5 Å². The van der Waals surface area contributed by atoms with Crippen molar-refractivity contribution in [1.29, 1.82) is 0 Å². The molecule has 0 aliphatic rings. The summed E-state index contributed by atoms with van der Waals surface area (Å²) in [6.07, 6.45) is 0. The summed E-state index contributed by atoms with van der Waals surface area (Å²) in [5, 5.41) is 21.9. The summed E-state index contributed by atoms with van der Waals surface area (Å²) in [5.41, 5.74) is 3.42. The van der Waals surface area contributed by atoms with E-state index in [9.17, 15) is 4.79 Å². The van der Waals surface area contributed by atoms with Gasteiger partial charge in [-0.15, -0.1) is 15.3 Å². The van der Waals surface area contributed by atoms with Gasteiger partial charge >= 0.3 is 0 Å². The molecule has 0 saturated carbocycles. The molecule has 9 heteroatoms. The number of hydrogen-bond acceptors (Lipinski definition) is 7. The molecule has 0 atom stereocenters. The molecule has 6 rings (SSSR count). The molecule has 39 heavy (non-hydrogen) atoms. The predicted octanol–water partition coefficient (Wildman–Crippen LogP) is 5.96. The Kier molecular flexibility index (Phi) is 6.22. The van der Waals surface area contributed by atoms with E-state index in [4.69, 9.17) is 14.6 Å². The Balaban J connectivity index is 1.35. The highest BCUT2D eigenvalue weighted by molar-refractivity contribution is 6.05. The molecule has 2 heterocycles. The van der Waals surface area contributed by atoms with Crippen LogP contribution in [0.4, 0.5) is 17.2 Å². The van der Waals surface area contributed by atoms with Crippen LogP contribution < -0.4 is 20.1 Å². The van der Waals surface area contributed by atoms with Crippen molar-refractivity contribution in [2.75, 3.05) is 24.9 Å². The zero-order valence-electron chi connectivity index (χ0n) is 21.3. The van der Waals surface area contributed by atoms with E-state index in [1.54, 1.807) is 43.0 Å². The van der Waals surface area contributed by atoms with Crippen molar-refractivity contribution < 1.29 is 14.3 Å². The van der Waals surface area contributed by atoms with E-state index in [-0.39, 0.29) is 5.91 Å². The summed E-state index contributed by atoms with van der Waals surface area (Å²) in [6.45, 7) is 0. The van der Waals surface area contributed by atoms with Crippen LogP contribution in [0.15, 0.2) is 97.1 Å². The maximum Gasteiger partial charge on any atom is 0.255 e. The molecule has 0 unspecified atom stereocenters. The Morgan fingerprint density at radius 2 is 1.49 bits per heavy atom. The third-order valence-corrected chi connectivity index (χ3v) is 6.33. The Morgan fingerprint density at radius 1 is 0.744 bits per heavy atom. The number of fused-ring (bicyclic) bond motifs is 3. The average molecular weight is 517 g/mol. The minimum absolute atomic E-state index is 0.232. The molecule has 1 amide bonds. The van der Waals surface area contributed by atoms with Gasteiger partial charge in [-0.25, -0.2) is 0 Å². The highest BCUT2D eigenvalue weighted by atomic mass is 16.5. The number of hydrogen-bond donors (Lipinski definition) is 2. The summed E-state index contributed by atoms with van der Waals surface area (Å²) in [7, 11) is 3.20. The van der Waals surface area contributed by atoms with Gasteiger partial charge in [-0.3, -0.25) is 4.79 Å². The van der Waals surface area contributed by atoms with Crippen LogP contribution in [0.3, 0.4) is 0 Å². The SMILES string of the molecule is COc1ccc(-c2nnc3c4ccccc4c(Nc4cccc(NC(=O)c5cccc(OC)c5)c4)nn23)cc1. The van der Waals surface area contributed by atoms with E-state index in [1.807, 2.05) is 72.8 Å². The highest BCUT2D eigenvalue weighted by Gasteiger charge is 2.16. The molecule has 0 aliphatic carbocycles. The second kappa shape index (κ2) is 10.1. The molecule has 2 aromatic heterocycles. The molecule has 0 radical (unpaired) electrons. The van der Waals surface area contributed by atoms with Crippen LogP contribution in [0.5, 0.6) is 11.5 Å². The zero-order valence-corrected chi connectivity index (χ0v) is 21.3. The van der Waals surface area contributed by atoms with Gasteiger partial charge in [0.2, 0.25) is 0 Å². The first kappa shape index (κ1) is 23.9. The lowest BCUT2D eigenvalue weighted by atomic mass is 10.1. The number of carbonyl (C=O) groups excluding carboxylic acids is 1. The molecule has 6 aromatic rings. The zero-order chi connectivity index (χ0) is 26.8.